The normalized spacial score (nSPS) is 12.5. The minimum atomic E-state index is -1.09. The van der Waals surface area contributed by atoms with E-state index in [4.69, 9.17) is 4.74 Å². The lowest BCUT2D eigenvalue weighted by Crippen LogP contribution is -2.02. The molecule has 2 N–H and O–H groups in total. The van der Waals surface area contributed by atoms with Crippen LogP contribution in [0.4, 0.5) is 0 Å². The summed E-state index contributed by atoms with van der Waals surface area (Å²) in [6.07, 6.45) is 1.70. The van der Waals surface area contributed by atoms with Crippen molar-refractivity contribution in [1.29, 1.82) is 0 Å². The SMILES string of the molecule is CCCOc1c(C)cc(CP(O)NC)cc1C. The quantitative estimate of drug-likeness (QED) is 0.767. The molecule has 0 spiro atoms. The van der Waals surface area contributed by atoms with E-state index in [0.29, 0.717) is 6.16 Å². The average Bonchev–Trinajstić information content (AvgIpc) is 2.28. The van der Waals surface area contributed by atoms with Crippen LogP contribution in [0.2, 0.25) is 0 Å². The van der Waals surface area contributed by atoms with Crippen LogP contribution >= 0.6 is 8.30 Å². The number of benzene rings is 1. The summed E-state index contributed by atoms with van der Waals surface area (Å²) in [6.45, 7) is 6.97. The Bertz CT molecular complexity index is 345. The molecule has 0 radical (unpaired) electrons. The van der Waals surface area contributed by atoms with E-state index in [1.807, 2.05) is 0 Å². The molecule has 0 aliphatic heterocycles. The summed E-state index contributed by atoms with van der Waals surface area (Å²) in [5, 5.41) is 2.89. The average molecular weight is 255 g/mol. The fourth-order valence-corrected chi connectivity index (χ4v) is 2.50. The Kier molecular flexibility index (Phi) is 5.90. The van der Waals surface area contributed by atoms with Gasteiger partial charge in [0.15, 0.2) is 0 Å². The number of hydrogen-bond donors (Lipinski definition) is 2. The first-order valence-electron chi connectivity index (χ1n) is 5.95. The number of nitrogens with one attached hydrogen (secondary N) is 1. The first kappa shape index (κ1) is 14.4. The molecule has 1 rings (SSSR count). The lowest BCUT2D eigenvalue weighted by Gasteiger charge is -2.15. The molecule has 1 aromatic carbocycles. The van der Waals surface area contributed by atoms with Gasteiger partial charge in [0, 0.05) is 6.16 Å². The molecule has 0 heterocycles. The van der Waals surface area contributed by atoms with E-state index in [1.165, 1.54) is 0 Å². The maximum Gasteiger partial charge on any atom is 0.125 e. The monoisotopic (exact) mass is 255 g/mol. The third-order valence-corrected chi connectivity index (χ3v) is 3.74. The molecule has 1 unspecified atom stereocenters. The number of hydrogen-bond acceptors (Lipinski definition) is 3. The first-order valence-corrected chi connectivity index (χ1v) is 7.43. The summed E-state index contributed by atoms with van der Waals surface area (Å²) in [6, 6.07) is 4.20. The summed E-state index contributed by atoms with van der Waals surface area (Å²) in [7, 11) is 0.691. The van der Waals surface area contributed by atoms with Gasteiger partial charge >= 0.3 is 0 Å². The van der Waals surface area contributed by atoms with Gasteiger partial charge in [0.25, 0.3) is 0 Å². The maximum absolute atomic E-state index is 9.63. The zero-order chi connectivity index (χ0) is 12.8. The predicted octanol–water partition coefficient (Wildman–Crippen LogP) is 3.12. The third-order valence-electron chi connectivity index (χ3n) is 2.56. The van der Waals surface area contributed by atoms with Gasteiger partial charge in [-0.3, -0.25) is 5.09 Å². The second-order valence-electron chi connectivity index (χ2n) is 4.19. The van der Waals surface area contributed by atoms with Crippen molar-refractivity contribution in [2.45, 2.75) is 33.4 Å². The van der Waals surface area contributed by atoms with E-state index in [-0.39, 0.29) is 0 Å². The van der Waals surface area contributed by atoms with Crippen LogP contribution in [0.3, 0.4) is 0 Å². The van der Waals surface area contributed by atoms with E-state index >= 15 is 0 Å². The highest BCUT2D eigenvalue weighted by molar-refractivity contribution is 7.48. The molecular formula is C13H22NO2P. The van der Waals surface area contributed by atoms with Crippen molar-refractivity contribution in [2.75, 3.05) is 13.7 Å². The van der Waals surface area contributed by atoms with Crippen molar-refractivity contribution in [3.63, 3.8) is 0 Å². The molecule has 17 heavy (non-hydrogen) atoms. The van der Waals surface area contributed by atoms with Crippen LogP contribution in [0.5, 0.6) is 5.75 Å². The largest absolute Gasteiger partial charge is 0.493 e. The molecule has 0 aliphatic rings. The number of rotatable bonds is 6. The first-order chi connectivity index (χ1) is 8.08. The van der Waals surface area contributed by atoms with Gasteiger partial charge in [0.2, 0.25) is 0 Å². The molecule has 1 aromatic rings. The fraction of sp³-hybridized carbons (Fsp3) is 0.538. The van der Waals surface area contributed by atoms with Crippen LogP contribution in [0.25, 0.3) is 0 Å². The zero-order valence-corrected chi connectivity index (χ0v) is 12.0. The Balaban J connectivity index is 2.85. The van der Waals surface area contributed by atoms with Gasteiger partial charge in [-0.25, -0.2) is 0 Å². The Morgan fingerprint density at radius 2 is 1.88 bits per heavy atom. The molecule has 3 nitrogen and oxygen atoms in total. The molecule has 0 saturated heterocycles. The predicted molar refractivity (Wildman–Crippen MR) is 73.6 cm³/mol. The van der Waals surface area contributed by atoms with Crippen molar-refractivity contribution in [3.8, 4) is 5.75 Å². The molecule has 0 amide bonds. The molecule has 4 heteroatoms. The van der Waals surface area contributed by atoms with Crippen molar-refractivity contribution >= 4 is 8.30 Å². The van der Waals surface area contributed by atoms with Gasteiger partial charge < -0.3 is 9.63 Å². The van der Waals surface area contributed by atoms with Crippen molar-refractivity contribution in [1.82, 2.24) is 5.09 Å². The molecule has 0 saturated carbocycles. The fourth-order valence-electron chi connectivity index (χ4n) is 1.82. The van der Waals surface area contributed by atoms with E-state index in [9.17, 15) is 4.89 Å². The van der Waals surface area contributed by atoms with Crippen LogP contribution in [-0.2, 0) is 6.16 Å². The second kappa shape index (κ2) is 6.95. The Morgan fingerprint density at radius 3 is 2.35 bits per heavy atom. The molecule has 0 fully saturated rings. The molecule has 96 valence electrons. The Labute approximate surface area is 105 Å². The van der Waals surface area contributed by atoms with E-state index in [0.717, 1.165) is 35.5 Å². The van der Waals surface area contributed by atoms with Crippen molar-refractivity contribution in [2.24, 2.45) is 0 Å². The molecule has 1 atom stereocenters. The molecule has 0 aromatic heterocycles. The molecule has 0 aliphatic carbocycles. The van der Waals surface area contributed by atoms with Crippen LogP contribution in [0.15, 0.2) is 12.1 Å². The summed E-state index contributed by atoms with van der Waals surface area (Å²) in [5.41, 5.74) is 3.45. The van der Waals surface area contributed by atoms with Gasteiger partial charge in [-0.15, -0.1) is 0 Å². The smallest absolute Gasteiger partial charge is 0.125 e. The maximum atomic E-state index is 9.63. The minimum Gasteiger partial charge on any atom is -0.493 e. The summed E-state index contributed by atoms with van der Waals surface area (Å²) in [5.74, 6) is 0.988. The highest BCUT2D eigenvalue weighted by Gasteiger charge is 2.09. The second-order valence-corrected chi connectivity index (χ2v) is 5.75. The van der Waals surface area contributed by atoms with Crippen molar-refractivity contribution < 1.29 is 9.63 Å². The third kappa shape index (κ3) is 4.27. The standard InChI is InChI=1S/C13H22NO2P/c1-5-6-16-13-10(2)7-12(8-11(13)3)9-17(15)14-4/h7-8,14-15H,5-6,9H2,1-4H3. The Morgan fingerprint density at radius 1 is 1.29 bits per heavy atom. The van der Waals surface area contributed by atoms with Crippen LogP contribution in [0, 0.1) is 13.8 Å². The minimum absolute atomic E-state index is 0.682. The summed E-state index contributed by atoms with van der Waals surface area (Å²) < 4.78 is 5.73. The van der Waals surface area contributed by atoms with Crippen LogP contribution < -0.4 is 9.82 Å². The lowest BCUT2D eigenvalue weighted by molar-refractivity contribution is 0.313. The van der Waals surface area contributed by atoms with E-state index in [1.54, 1.807) is 7.05 Å². The highest BCUT2D eigenvalue weighted by Crippen LogP contribution is 2.32. The molecular weight excluding hydrogens is 233 g/mol. The number of ether oxygens (including phenoxy) is 1. The van der Waals surface area contributed by atoms with Gasteiger partial charge in [0.1, 0.15) is 14.0 Å². The number of aryl methyl sites for hydroxylation is 2. The van der Waals surface area contributed by atoms with Gasteiger partial charge in [-0.05, 0) is 44.0 Å². The Hall–Kier alpha value is -0.630. The van der Waals surface area contributed by atoms with Gasteiger partial charge in [-0.1, -0.05) is 19.1 Å². The van der Waals surface area contributed by atoms with Crippen molar-refractivity contribution in [3.05, 3.63) is 28.8 Å². The lowest BCUT2D eigenvalue weighted by atomic mass is 10.1. The van der Waals surface area contributed by atoms with Crippen LogP contribution in [-0.4, -0.2) is 18.5 Å². The molecule has 0 bridgehead atoms. The summed E-state index contributed by atoms with van der Waals surface area (Å²) >= 11 is 0. The highest BCUT2D eigenvalue weighted by atomic mass is 31.2. The van der Waals surface area contributed by atoms with Crippen LogP contribution in [0.1, 0.15) is 30.0 Å². The van der Waals surface area contributed by atoms with E-state index in [2.05, 4.69) is 38.0 Å². The summed E-state index contributed by atoms with van der Waals surface area (Å²) in [4.78, 5) is 9.63. The topological polar surface area (TPSA) is 41.5 Å². The van der Waals surface area contributed by atoms with Gasteiger partial charge in [0.05, 0.1) is 6.61 Å². The van der Waals surface area contributed by atoms with E-state index < -0.39 is 8.30 Å². The zero-order valence-electron chi connectivity index (χ0n) is 11.1. The van der Waals surface area contributed by atoms with Gasteiger partial charge in [-0.2, -0.15) is 0 Å².